The van der Waals surface area contributed by atoms with Gasteiger partial charge in [-0.2, -0.15) is 13.2 Å². The van der Waals surface area contributed by atoms with E-state index in [1.165, 1.54) is 12.1 Å². The Morgan fingerprint density at radius 1 is 0.971 bits per heavy atom. The molecule has 3 rings (SSSR count). The van der Waals surface area contributed by atoms with E-state index in [1.54, 1.807) is 24.3 Å². The van der Waals surface area contributed by atoms with Crippen LogP contribution < -0.4 is 10.6 Å². The second-order valence-corrected chi connectivity index (χ2v) is 7.89. The summed E-state index contributed by atoms with van der Waals surface area (Å²) in [5, 5.41) is 22.9. The molecule has 0 saturated carbocycles. The van der Waals surface area contributed by atoms with Gasteiger partial charge in [0.25, 0.3) is 5.91 Å². The lowest BCUT2D eigenvalue weighted by Gasteiger charge is -2.19. The van der Waals surface area contributed by atoms with Gasteiger partial charge in [-0.05, 0) is 48.4 Å². The molecule has 1 amide bonds. The third kappa shape index (κ3) is 7.26. The van der Waals surface area contributed by atoms with Crippen molar-refractivity contribution < 1.29 is 27.9 Å². The highest BCUT2D eigenvalue weighted by atomic mass is 19.4. The van der Waals surface area contributed by atoms with E-state index in [9.17, 15) is 22.8 Å². The number of carboxylic acid groups (broad SMARTS) is 1. The monoisotopic (exact) mass is 486 g/mol. The summed E-state index contributed by atoms with van der Waals surface area (Å²) < 4.78 is 38.3. The molecule has 0 bridgehead atoms. The van der Waals surface area contributed by atoms with Crippen molar-refractivity contribution in [2.45, 2.75) is 38.4 Å². The number of anilines is 1. The molecule has 0 aliphatic rings. The topological polar surface area (TPSA) is 104 Å². The fourth-order valence-corrected chi connectivity index (χ4v) is 3.43. The molecule has 1 atom stereocenters. The van der Waals surface area contributed by atoms with Gasteiger partial charge in [-0.15, -0.1) is 10.2 Å². The number of aromatic nitrogens is 2. The normalized spacial score (nSPS) is 12.1. The Labute approximate surface area is 200 Å². The highest BCUT2D eigenvalue weighted by Crippen LogP contribution is 2.31. The van der Waals surface area contributed by atoms with Crippen molar-refractivity contribution in [2.75, 3.05) is 11.9 Å². The van der Waals surface area contributed by atoms with Crippen LogP contribution in [0.3, 0.4) is 0 Å². The van der Waals surface area contributed by atoms with Gasteiger partial charge >= 0.3 is 12.1 Å². The van der Waals surface area contributed by atoms with Crippen LogP contribution in [0.25, 0.3) is 11.3 Å². The number of aliphatic carboxylic acids is 1. The van der Waals surface area contributed by atoms with Gasteiger partial charge in [0.2, 0.25) is 0 Å². The van der Waals surface area contributed by atoms with E-state index < -0.39 is 17.7 Å². The Morgan fingerprint density at radius 2 is 1.66 bits per heavy atom. The van der Waals surface area contributed by atoms with Gasteiger partial charge in [0.1, 0.15) is 5.82 Å². The summed E-state index contributed by atoms with van der Waals surface area (Å²) in [5.41, 5.74) is 1.62. The summed E-state index contributed by atoms with van der Waals surface area (Å²) in [7, 11) is 0. The van der Waals surface area contributed by atoms with E-state index in [4.69, 9.17) is 5.11 Å². The molecule has 1 aromatic heterocycles. The predicted octanol–water partition coefficient (Wildman–Crippen LogP) is 5.32. The summed E-state index contributed by atoms with van der Waals surface area (Å²) in [4.78, 5) is 22.7. The van der Waals surface area contributed by atoms with Crippen LogP contribution >= 0.6 is 0 Å². The third-order valence-corrected chi connectivity index (χ3v) is 5.27. The van der Waals surface area contributed by atoms with E-state index in [-0.39, 0.29) is 24.9 Å². The number of hydrogen-bond acceptors (Lipinski definition) is 5. The Balaban J connectivity index is 1.67. The number of rotatable bonds is 10. The second kappa shape index (κ2) is 11.5. The van der Waals surface area contributed by atoms with Crippen molar-refractivity contribution in [1.82, 2.24) is 15.5 Å². The zero-order chi connectivity index (χ0) is 25.4. The number of alkyl halides is 3. The zero-order valence-electron chi connectivity index (χ0n) is 19.0. The molecular formula is C25H25F3N4O3. The van der Waals surface area contributed by atoms with Gasteiger partial charge in [-0.3, -0.25) is 9.59 Å². The molecule has 0 radical (unpaired) electrons. The maximum Gasteiger partial charge on any atom is 0.416 e. The van der Waals surface area contributed by atoms with Crippen LogP contribution in [0.15, 0.2) is 60.7 Å². The lowest BCUT2D eigenvalue weighted by molar-refractivity contribution is -0.138. The first-order valence-corrected chi connectivity index (χ1v) is 11.0. The van der Waals surface area contributed by atoms with E-state index >= 15 is 0 Å². The highest BCUT2D eigenvalue weighted by Gasteiger charge is 2.30. The van der Waals surface area contributed by atoms with Gasteiger partial charge in [-0.1, -0.05) is 37.6 Å². The van der Waals surface area contributed by atoms with Gasteiger partial charge in [0, 0.05) is 17.7 Å². The summed E-state index contributed by atoms with van der Waals surface area (Å²) in [5.74, 6) is -0.818. The molecule has 0 saturated heterocycles. The molecule has 10 heteroatoms. The van der Waals surface area contributed by atoms with E-state index in [0.717, 1.165) is 30.5 Å². The molecule has 0 aliphatic carbocycles. The zero-order valence-corrected chi connectivity index (χ0v) is 19.0. The number of nitrogens with one attached hydrogen (secondary N) is 2. The lowest BCUT2D eigenvalue weighted by atomic mass is 10.0. The van der Waals surface area contributed by atoms with Crippen molar-refractivity contribution >= 4 is 17.7 Å². The molecule has 0 fully saturated rings. The minimum atomic E-state index is -4.39. The molecule has 3 aromatic rings. The summed E-state index contributed by atoms with van der Waals surface area (Å²) in [6.45, 7) is 2.09. The summed E-state index contributed by atoms with van der Waals surface area (Å²) in [6.07, 6.45) is -2.88. The maximum atomic E-state index is 12.8. The molecule has 3 N–H and O–H groups in total. The number of carboxylic acids is 1. The molecule has 1 unspecified atom stereocenters. The van der Waals surface area contributed by atoms with Crippen molar-refractivity contribution in [3.63, 3.8) is 0 Å². The summed E-state index contributed by atoms with van der Waals surface area (Å²) in [6, 6.07) is 15.0. The standard InChI is InChI=1S/C25H25F3N4O3/c1-2-3-20(16-4-6-18(7-5-16)24(35)29-15-14-23(33)34)30-22-13-12-21(31-32-22)17-8-10-19(11-9-17)25(26,27)28/h4-13,20H,2-3,14-15H2,1H3,(H,29,35)(H,30,32)(H,33,34). The average molecular weight is 486 g/mol. The van der Waals surface area contributed by atoms with Crippen LogP contribution in [0.5, 0.6) is 0 Å². The number of amides is 1. The molecule has 0 aliphatic heterocycles. The largest absolute Gasteiger partial charge is 0.481 e. The van der Waals surface area contributed by atoms with Crippen LogP contribution in [-0.2, 0) is 11.0 Å². The SMILES string of the molecule is CCCC(Nc1ccc(-c2ccc(C(F)(F)F)cc2)nn1)c1ccc(C(=O)NCCC(=O)O)cc1. The molecular weight excluding hydrogens is 461 g/mol. The Hall–Kier alpha value is -3.95. The van der Waals surface area contributed by atoms with Crippen molar-refractivity contribution in [3.05, 3.63) is 77.4 Å². The number of halogens is 3. The number of carbonyl (C=O) groups excluding carboxylic acids is 1. The van der Waals surface area contributed by atoms with Crippen LogP contribution in [0.2, 0.25) is 0 Å². The van der Waals surface area contributed by atoms with Crippen LogP contribution in [0.4, 0.5) is 19.0 Å². The molecule has 35 heavy (non-hydrogen) atoms. The summed E-state index contributed by atoms with van der Waals surface area (Å²) >= 11 is 0. The maximum absolute atomic E-state index is 12.8. The molecule has 1 heterocycles. The van der Waals surface area contributed by atoms with Crippen molar-refractivity contribution in [3.8, 4) is 11.3 Å². The number of carbonyl (C=O) groups is 2. The van der Waals surface area contributed by atoms with E-state index in [2.05, 4.69) is 20.8 Å². The van der Waals surface area contributed by atoms with Gasteiger partial charge in [0.15, 0.2) is 0 Å². The smallest absolute Gasteiger partial charge is 0.416 e. The van der Waals surface area contributed by atoms with Gasteiger partial charge in [0.05, 0.1) is 23.7 Å². The first kappa shape index (κ1) is 25.7. The van der Waals surface area contributed by atoms with E-state index in [1.807, 2.05) is 19.1 Å². The average Bonchev–Trinajstić information content (AvgIpc) is 2.83. The quantitative estimate of drug-likeness (QED) is 0.358. The Kier molecular flexibility index (Phi) is 8.40. The molecule has 0 spiro atoms. The second-order valence-electron chi connectivity index (χ2n) is 7.89. The van der Waals surface area contributed by atoms with Crippen LogP contribution in [0, 0.1) is 0 Å². The van der Waals surface area contributed by atoms with Gasteiger partial charge < -0.3 is 15.7 Å². The fraction of sp³-hybridized carbons (Fsp3) is 0.280. The number of hydrogen-bond donors (Lipinski definition) is 3. The molecule has 2 aromatic carbocycles. The molecule has 184 valence electrons. The highest BCUT2D eigenvalue weighted by molar-refractivity contribution is 5.94. The predicted molar refractivity (Wildman–Crippen MR) is 125 cm³/mol. The van der Waals surface area contributed by atoms with E-state index in [0.29, 0.717) is 22.6 Å². The third-order valence-electron chi connectivity index (χ3n) is 5.27. The van der Waals surface area contributed by atoms with Crippen molar-refractivity contribution in [1.29, 1.82) is 0 Å². The van der Waals surface area contributed by atoms with Crippen LogP contribution in [-0.4, -0.2) is 33.7 Å². The molecule has 7 nitrogen and oxygen atoms in total. The number of benzene rings is 2. The first-order chi connectivity index (χ1) is 16.7. The fourth-order valence-electron chi connectivity index (χ4n) is 3.43. The van der Waals surface area contributed by atoms with Crippen molar-refractivity contribution in [2.24, 2.45) is 0 Å². The minimum Gasteiger partial charge on any atom is -0.481 e. The number of nitrogens with zero attached hydrogens (tertiary/aromatic N) is 2. The first-order valence-electron chi connectivity index (χ1n) is 11.0. The Bertz CT molecular complexity index is 1130. The van der Waals surface area contributed by atoms with Gasteiger partial charge in [-0.25, -0.2) is 0 Å². The van der Waals surface area contributed by atoms with Crippen LogP contribution in [0.1, 0.15) is 53.7 Å². The minimum absolute atomic E-state index is 0.0526. The lowest BCUT2D eigenvalue weighted by Crippen LogP contribution is -2.26. The Morgan fingerprint density at radius 3 is 2.20 bits per heavy atom.